The molecule has 7 nitrogen and oxygen atoms in total. The Kier molecular flexibility index (Phi) is 5.34. The predicted molar refractivity (Wildman–Crippen MR) is 115 cm³/mol. The first-order chi connectivity index (χ1) is 14.8. The van der Waals surface area contributed by atoms with Crippen LogP contribution in [-0.4, -0.2) is 56.8 Å². The molecular weight excluding hydrogens is 376 g/mol. The number of piperidine rings is 2. The molecule has 0 unspecified atom stereocenters. The topological polar surface area (TPSA) is 66.6 Å². The number of amides is 1. The van der Waals surface area contributed by atoms with Gasteiger partial charge in [-0.15, -0.1) is 15.3 Å². The van der Waals surface area contributed by atoms with Crippen molar-refractivity contribution in [3.05, 3.63) is 54.4 Å². The summed E-state index contributed by atoms with van der Waals surface area (Å²) >= 11 is 0. The third-order valence-electron chi connectivity index (χ3n) is 6.54. The van der Waals surface area contributed by atoms with Crippen LogP contribution in [-0.2, 0) is 11.2 Å². The molecule has 4 heterocycles. The summed E-state index contributed by atoms with van der Waals surface area (Å²) in [5.74, 6) is 1.95. The molecule has 0 saturated carbocycles. The van der Waals surface area contributed by atoms with E-state index in [0.717, 1.165) is 69.7 Å². The lowest BCUT2D eigenvalue weighted by atomic mass is 9.89. The van der Waals surface area contributed by atoms with Crippen molar-refractivity contribution in [3.63, 3.8) is 0 Å². The highest BCUT2D eigenvalue weighted by Gasteiger charge is 2.32. The van der Waals surface area contributed by atoms with Gasteiger partial charge in [0.25, 0.3) is 0 Å². The predicted octanol–water partition coefficient (Wildman–Crippen LogP) is 2.82. The van der Waals surface area contributed by atoms with Gasteiger partial charge in [-0.3, -0.25) is 4.79 Å². The number of nitrogens with zero attached hydrogens (tertiary/aromatic N) is 6. The maximum Gasteiger partial charge on any atom is 0.227 e. The number of hydrogen-bond donors (Lipinski definition) is 0. The molecule has 1 atom stereocenters. The van der Waals surface area contributed by atoms with Gasteiger partial charge < -0.3 is 9.80 Å². The second kappa shape index (κ2) is 8.42. The Labute approximate surface area is 176 Å². The van der Waals surface area contributed by atoms with Gasteiger partial charge in [0.15, 0.2) is 5.65 Å². The summed E-state index contributed by atoms with van der Waals surface area (Å²) in [4.78, 5) is 17.6. The summed E-state index contributed by atoms with van der Waals surface area (Å²) in [6, 6.07) is 14.6. The molecule has 0 N–H and O–H groups in total. The van der Waals surface area contributed by atoms with Crippen molar-refractivity contribution >= 4 is 17.4 Å². The molecule has 1 aromatic carbocycles. The molecule has 7 heteroatoms. The fraction of sp³-hybridized carbons (Fsp3) is 0.478. The van der Waals surface area contributed by atoms with Crippen molar-refractivity contribution in [1.29, 1.82) is 0 Å². The number of aromatic nitrogens is 4. The molecule has 30 heavy (non-hydrogen) atoms. The third-order valence-corrected chi connectivity index (χ3v) is 6.54. The molecule has 2 aliphatic rings. The fourth-order valence-corrected chi connectivity index (χ4v) is 4.84. The van der Waals surface area contributed by atoms with Crippen molar-refractivity contribution in [2.45, 2.75) is 32.1 Å². The maximum absolute atomic E-state index is 13.2. The van der Waals surface area contributed by atoms with Gasteiger partial charge in [-0.1, -0.05) is 30.3 Å². The number of carbonyl (C=O) groups excluding carboxylic acids is 1. The Bertz CT molecular complexity index is 995. The largest absolute Gasteiger partial charge is 0.354 e. The molecule has 0 radical (unpaired) electrons. The number of anilines is 1. The van der Waals surface area contributed by atoms with E-state index in [0.29, 0.717) is 11.8 Å². The summed E-state index contributed by atoms with van der Waals surface area (Å²) in [6.07, 6.45) is 6.92. The van der Waals surface area contributed by atoms with Gasteiger partial charge in [-0.25, -0.2) is 0 Å². The minimum absolute atomic E-state index is 0.0582. The van der Waals surface area contributed by atoms with E-state index in [-0.39, 0.29) is 5.92 Å². The van der Waals surface area contributed by atoms with E-state index in [2.05, 4.69) is 55.4 Å². The van der Waals surface area contributed by atoms with Gasteiger partial charge >= 0.3 is 0 Å². The molecule has 0 bridgehead atoms. The summed E-state index contributed by atoms with van der Waals surface area (Å²) in [6.45, 7) is 3.45. The molecule has 2 aliphatic heterocycles. The van der Waals surface area contributed by atoms with E-state index in [1.165, 1.54) is 5.56 Å². The third kappa shape index (κ3) is 4.01. The Morgan fingerprint density at radius 2 is 1.83 bits per heavy atom. The molecule has 2 aromatic heterocycles. The normalized spacial score (nSPS) is 20.6. The van der Waals surface area contributed by atoms with Crippen molar-refractivity contribution in [2.75, 3.05) is 31.1 Å². The van der Waals surface area contributed by atoms with Crippen LogP contribution < -0.4 is 4.90 Å². The zero-order valence-electron chi connectivity index (χ0n) is 17.2. The number of benzene rings is 1. The smallest absolute Gasteiger partial charge is 0.227 e. The van der Waals surface area contributed by atoms with Crippen LogP contribution in [0, 0.1) is 11.8 Å². The number of hydrogen-bond acceptors (Lipinski definition) is 5. The Morgan fingerprint density at radius 1 is 1.00 bits per heavy atom. The van der Waals surface area contributed by atoms with Crippen LogP contribution in [0.25, 0.3) is 5.65 Å². The lowest BCUT2D eigenvalue weighted by Gasteiger charge is -2.38. The maximum atomic E-state index is 13.2. The molecule has 2 fully saturated rings. The molecule has 2 saturated heterocycles. The van der Waals surface area contributed by atoms with Gasteiger partial charge in [-0.05, 0) is 55.7 Å². The summed E-state index contributed by atoms with van der Waals surface area (Å²) in [7, 11) is 0. The number of carbonyl (C=O) groups is 1. The number of rotatable bonds is 4. The average molecular weight is 405 g/mol. The van der Waals surface area contributed by atoms with Gasteiger partial charge in [0.1, 0.15) is 12.1 Å². The van der Waals surface area contributed by atoms with Gasteiger partial charge in [0.2, 0.25) is 5.91 Å². The monoisotopic (exact) mass is 404 g/mol. The van der Waals surface area contributed by atoms with E-state index in [4.69, 9.17) is 0 Å². The minimum atomic E-state index is 0.0582. The Hall–Kier alpha value is -2.96. The number of fused-ring (bicyclic) bond motifs is 1. The van der Waals surface area contributed by atoms with E-state index in [1.54, 1.807) is 10.8 Å². The summed E-state index contributed by atoms with van der Waals surface area (Å²) in [5, 5.41) is 12.5. The SMILES string of the molecule is O=C([C@@H]1CCCN(c2ccc3nncn3n2)C1)N1CCC(Cc2ccccc2)CC1. The molecular formula is C23H28N6O. The van der Waals surface area contributed by atoms with Crippen LogP contribution >= 0.6 is 0 Å². The van der Waals surface area contributed by atoms with Crippen LogP contribution in [0.4, 0.5) is 5.82 Å². The van der Waals surface area contributed by atoms with Gasteiger partial charge in [0, 0.05) is 26.2 Å². The molecule has 3 aromatic rings. The molecule has 156 valence electrons. The second-order valence-electron chi connectivity index (χ2n) is 8.57. The quantitative estimate of drug-likeness (QED) is 0.669. The Balaban J connectivity index is 1.18. The molecule has 1 amide bonds. The number of likely N-dealkylation sites (tertiary alicyclic amines) is 1. The fourth-order valence-electron chi connectivity index (χ4n) is 4.84. The first kappa shape index (κ1) is 19.0. The van der Waals surface area contributed by atoms with E-state index in [9.17, 15) is 4.79 Å². The summed E-state index contributed by atoms with van der Waals surface area (Å²) < 4.78 is 1.69. The summed E-state index contributed by atoms with van der Waals surface area (Å²) in [5.41, 5.74) is 2.14. The van der Waals surface area contributed by atoms with Crippen LogP contribution in [0.1, 0.15) is 31.2 Å². The standard InChI is InChI=1S/C23H28N6O/c30-23(27-13-10-19(11-14-27)15-18-5-2-1-3-6-18)20-7-4-12-28(16-20)22-9-8-21-25-24-17-29(21)26-22/h1-3,5-6,8-9,17,19-20H,4,7,10-16H2/t20-/m1/s1. The van der Waals surface area contributed by atoms with Crippen LogP contribution in [0.2, 0.25) is 0 Å². The van der Waals surface area contributed by atoms with E-state index >= 15 is 0 Å². The van der Waals surface area contributed by atoms with E-state index in [1.807, 2.05) is 12.1 Å². The zero-order chi connectivity index (χ0) is 20.3. The van der Waals surface area contributed by atoms with Crippen LogP contribution in [0.5, 0.6) is 0 Å². The van der Waals surface area contributed by atoms with Crippen molar-refractivity contribution in [1.82, 2.24) is 24.7 Å². The minimum Gasteiger partial charge on any atom is -0.354 e. The Morgan fingerprint density at radius 3 is 2.67 bits per heavy atom. The van der Waals surface area contributed by atoms with Crippen molar-refractivity contribution in [3.8, 4) is 0 Å². The highest BCUT2D eigenvalue weighted by atomic mass is 16.2. The lowest BCUT2D eigenvalue weighted by molar-refractivity contribution is -0.137. The molecule has 0 spiro atoms. The van der Waals surface area contributed by atoms with Crippen LogP contribution in [0.3, 0.4) is 0 Å². The molecule has 0 aliphatic carbocycles. The van der Waals surface area contributed by atoms with Gasteiger partial charge in [0.05, 0.1) is 5.92 Å². The highest BCUT2D eigenvalue weighted by molar-refractivity contribution is 5.79. The van der Waals surface area contributed by atoms with Crippen molar-refractivity contribution < 1.29 is 4.79 Å². The van der Waals surface area contributed by atoms with Gasteiger partial charge in [-0.2, -0.15) is 4.52 Å². The molecule has 5 rings (SSSR count). The van der Waals surface area contributed by atoms with E-state index < -0.39 is 0 Å². The average Bonchev–Trinajstić information content (AvgIpc) is 3.28. The first-order valence-electron chi connectivity index (χ1n) is 11.0. The van der Waals surface area contributed by atoms with Crippen molar-refractivity contribution in [2.24, 2.45) is 11.8 Å². The second-order valence-corrected chi connectivity index (χ2v) is 8.57. The zero-order valence-corrected chi connectivity index (χ0v) is 17.2. The highest BCUT2D eigenvalue weighted by Crippen LogP contribution is 2.27. The van der Waals surface area contributed by atoms with Crippen LogP contribution in [0.15, 0.2) is 48.8 Å². The first-order valence-corrected chi connectivity index (χ1v) is 11.0. The lowest BCUT2D eigenvalue weighted by Crippen LogP contribution is -2.47.